The van der Waals surface area contributed by atoms with Gasteiger partial charge in [-0.15, -0.1) is 0 Å². The fourth-order valence-corrected chi connectivity index (χ4v) is 2.18. The second kappa shape index (κ2) is 7.93. The van der Waals surface area contributed by atoms with Crippen LogP contribution < -0.4 is 5.32 Å². The highest BCUT2D eigenvalue weighted by molar-refractivity contribution is 5.57. The highest BCUT2D eigenvalue weighted by atomic mass is 19.1. The van der Waals surface area contributed by atoms with Crippen molar-refractivity contribution in [2.45, 2.75) is 25.0 Å². The third kappa shape index (κ3) is 4.67. The molecule has 1 aromatic carbocycles. The van der Waals surface area contributed by atoms with Crippen LogP contribution in [0.5, 0.6) is 0 Å². The lowest BCUT2D eigenvalue weighted by Crippen LogP contribution is -2.27. The summed E-state index contributed by atoms with van der Waals surface area (Å²) in [5, 5.41) is 21.6. The van der Waals surface area contributed by atoms with Crippen molar-refractivity contribution >= 4 is 5.69 Å². The molecular weight excluding hydrogens is 275 g/mol. The van der Waals surface area contributed by atoms with E-state index < -0.39 is 11.9 Å². The summed E-state index contributed by atoms with van der Waals surface area (Å²) in [5.41, 5.74) is 0.320. The lowest BCUT2D eigenvalue weighted by atomic mass is 10.2. The molecule has 0 radical (unpaired) electrons. The number of aliphatic hydroxyl groups excluding tert-OH is 1. The van der Waals surface area contributed by atoms with Crippen molar-refractivity contribution in [1.82, 2.24) is 0 Å². The normalized spacial score (nSPS) is 19.2. The van der Waals surface area contributed by atoms with Crippen LogP contribution in [0.2, 0.25) is 0 Å². The van der Waals surface area contributed by atoms with Crippen molar-refractivity contribution in [3.63, 3.8) is 0 Å². The van der Waals surface area contributed by atoms with Gasteiger partial charge in [-0.3, -0.25) is 0 Å². The largest absolute Gasteiger partial charge is 0.389 e. The van der Waals surface area contributed by atoms with Gasteiger partial charge in [0.05, 0.1) is 31.1 Å². The van der Waals surface area contributed by atoms with Crippen LogP contribution in [-0.4, -0.2) is 43.7 Å². The number of benzene rings is 1. The van der Waals surface area contributed by atoms with E-state index in [9.17, 15) is 9.50 Å². The first-order valence-corrected chi connectivity index (χ1v) is 7.00. The predicted octanol–water partition coefficient (Wildman–Crippen LogP) is 1.67. The van der Waals surface area contributed by atoms with Crippen LogP contribution in [0.15, 0.2) is 18.2 Å². The van der Waals surface area contributed by atoms with E-state index in [2.05, 4.69) is 5.32 Å². The van der Waals surface area contributed by atoms with Gasteiger partial charge in [-0.2, -0.15) is 5.26 Å². The van der Waals surface area contributed by atoms with Gasteiger partial charge in [0.25, 0.3) is 0 Å². The Morgan fingerprint density at radius 2 is 2.43 bits per heavy atom. The first-order valence-electron chi connectivity index (χ1n) is 7.00. The van der Waals surface area contributed by atoms with E-state index >= 15 is 0 Å². The molecule has 1 aromatic rings. The van der Waals surface area contributed by atoms with E-state index in [-0.39, 0.29) is 24.8 Å². The summed E-state index contributed by atoms with van der Waals surface area (Å²) >= 11 is 0. The monoisotopic (exact) mass is 294 g/mol. The zero-order chi connectivity index (χ0) is 15.1. The van der Waals surface area contributed by atoms with Crippen molar-refractivity contribution in [1.29, 1.82) is 5.26 Å². The Hall–Kier alpha value is -1.68. The van der Waals surface area contributed by atoms with Crippen LogP contribution in [0.1, 0.15) is 18.4 Å². The number of hydrogen-bond donors (Lipinski definition) is 2. The van der Waals surface area contributed by atoms with Crippen molar-refractivity contribution in [2.24, 2.45) is 0 Å². The number of nitrogens with one attached hydrogen (secondary N) is 1. The average molecular weight is 294 g/mol. The Morgan fingerprint density at radius 3 is 3.14 bits per heavy atom. The summed E-state index contributed by atoms with van der Waals surface area (Å²) in [7, 11) is 0. The molecule has 1 aliphatic rings. The lowest BCUT2D eigenvalue weighted by Gasteiger charge is -2.15. The summed E-state index contributed by atoms with van der Waals surface area (Å²) < 4.78 is 24.2. The highest BCUT2D eigenvalue weighted by Crippen LogP contribution is 2.17. The minimum Gasteiger partial charge on any atom is -0.389 e. The second-order valence-corrected chi connectivity index (χ2v) is 4.98. The van der Waals surface area contributed by atoms with Gasteiger partial charge in [-0.25, -0.2) is 4.39 Å². The molecule has 1 fully saturated rings. The molecule has 2 atom stereocenters. The first-order chi connectivity index (χ1) is 10.2. The van der Waals surface area contributed by atoms with Crippen LogP contribution in [0.3, 0.4) is 0 Å². The molecule has 2 rings (SSSR count). The number of hydrogen-bond acceptors (Lipinski definition) is 5. The number of rotatable bonds is 7. The van der Waals surface area contributed by atoms with E-state index in [0.29, 0.717) is 12.3 Å². The molecule has 21 heavy (non-hydrogen) atoms. The van der Waals surface area contributed by atoms with Crippen LogP contribution >= 0.6 is 0 Å². The molecule has 0 bridgehead atoms. The number of nitriles is 1. The first kappa shape index (κ1) is 15.7. The molecule has 5 nitrogen and oxygen atoms in total. The molecule has 0 spiro atoms. The number of halogens is 1. The summed E-state index contributed by atoms with van der Waals surface area (Å²) in [4.78, 5) is 0. The number of anilines is 1. The zero-order valence-electron chi connectivity index (χ0n) is 11.7. The Bertz CT molecular complexity index is 498. The van der Waals surface area contributed by atoms with Crippen molar-refractivity contribution in [3.8, 4) is 6.07 Å². The fourth-order valence-electron chi connectivity index (χ4n) is 2.18. The van der Waals surface area contributed by atoms with Gasteiger partial charge in [0.2, 0.25) is 0 Å². The minimum atomic E-state index is -0.735. The summed E-state index contributed by atoms with van der Waals surface area (Å²) in [6.07, 6.45) is 1.43. The van der Waals surface area contributed by atoms with E-state index in [4.69, 9.17) is 14.7 Å². The van der Waals surface area contributed by atoms with Crippen LogP contribution in [0.4, 0.5) is 10.1 Å². The topological polar surface area (TPSA) is 74.5 Å². The van der Waals surface area contributed by atoms with Gasteiger partial charge in [0, 0.05) is 13.2 Å². The van der Waals surface area contributed by atoms with Gasteiger partial charge in [0.1, 0.15) is 17.4 Å². The second-order valence-electron chi connectivity index (χ2n) is 4.98. The smallest absolute Gasteiger partial charge is 0.143 e. The average Bonchev–Trinajstić information content (AvgIpc) is 2.98. The molecule has 0 saturated carbocycles. The van der Waals surface area contributed by atoms with E-state index in [1.54, 1.807) is 12.1 Å². The summed E-state index contributed by atoms with van der Waals surface area (Å²) in [5.74, 6) is -0.577. The molecule has 2 N–H and O–H groups in total. The predicted molar refractivity (Wildman–Crippen MR) is 75.4 cm³/mol. The SMILES string of the molecule is N#Cc1c(F)cccc1NCC(O)COCC1CCCO1. The molecule has 1 heterocycles. The van der Waals surface area contributed by atoms with Gasteiger partial charge in [-0.05, 0) is 25.0 Å². The maximum Gasteiger partial charge on any atom is 0.143 e. The van der Waals surface area contributed by atoms with Crippen LogP contribution in [0, 0.1) is 17.1 Å². The molecule has 6 heteroatoms. The third-order valence-corrected chi connectivity index (χ3v) is 3.29. The van der Waals surface area contributed by atoms with E-state index in [1.165, 1.54) is 12.1 Å². The standard InChI is InChI=1S/C15H19FN2O3/c16-14-4-1-5-15(13(14)7-17)18-8-11(19)9-20-10-12-3-2-6-21-12/h1,4-5,11-12,18-19H,2-3,6,8-10H2. The quantitative estimate of drug-likeness (QED) is 0.800. The summed E-state index contributed by atoms with van der Waals surface area (Å²) in [6, 6.07) is 6.14. The Kier molecular flexibility index (Phi) is 5.93. The molecule has 0 amide bonds. The van der Waals surface area contributed by atoms with Crippen molar-refractivity contribution in [2.75, 3.05) is 31.7 Å². The molecule has 114 valence electrons. The van der Waals surface area contributed by atoms with Gasteiger partial charge >= 0.3 is 0 Å². The molecule has 1 aliphatic heterocycles. The van der Waals surface area contributed by atoms with E-state index in [1.807, 2.05) is 0 Å². The maximum absolute atomic E-state index is 13.4. The molecule has 2 unspecified atom stereocenters. The minimum absolute atomic E-state index is 0.0510. The van der Waals surface area contributed by atoms with Gasteiger partial charge in [-0.1, -0.05) is 6.07 Å². The highest BCUT2D eigenvalue weighted by Gasteiger charge is 2.16. The zero-order valence-corrected chi connectivity index (χ0v) is 11.7. The maximum atomic E-state index is 13.4. The van der Waals surface area contributed by atoms with Gasteiger partial charge in [0.15, 0.2) is 0 Å². The summed E-state index contributed by atoms with van der Waals surface area (Å²) in [6.45, 7) is 1.60. The number of nitrogens with zero attached hydrogens (tertiary/aromatic N) is 1. The molecule has 0 aliphatic carbocycles. The lowest BCUT2D eigenvalue weighted by molar-refractivity contribution is -0.0137. The molecular formula is C15H19FN2O3. The fraction of sp³-hybridized carbons (Fsp3) is 0.533. The number of ether oxygens (including phenoxy) is 2. The van der Waals surface area contributed by atoms with Gasteiger partial charge < -0.3 is 19.9 Å². The number of aliphatic hydroxyl groups is 1. The van der Waals surface area contributed by atoms with E-state index in [0.717, 1.165) is 19.4 Å². The molecule has 0 aromatic heterocycles. The van der Waals surface area contributed by atoms with Crippen molar-refractivity contribution in [3.05, 3.63) is 29.6 Å². The third-order valence-electron chi connectivity index (χ3n) is 3.29. The molecule has 1 saturated heterocycles. The van der Waals surface area contributed by atoms with Crippen molar-refractivity contribution < 1.29 is 19.0 Å². The Labute approximate surface area is 123 Å². The Morgan fingerprint density at radius 1 is 1.57 bits per heavy atom. The van der Waals surface area contributed by atoms with Crippen LogP contribution in [0.25, 0.3) is 0 Å². The Balaban J connectivity index is 1.72. The van der Waals surface area contributed by atoms with Crippen LogP contribution in [-0.2, 0) is 9.47 Å².